The average Bonchev–Trinajstić information content (AvgIpc) is 3.36. The van der Waals surface area contributed by atoms with Crippen LogP contribution in [0.4, 0.5) is 5.13 Å². The monoisotopic (exact) mass is 475 g/mol. The molecule has 4 rings (SSSR count). The molecule has 0 spiro atoms. The number of fused-ring (bicyclic) bond motifs is 1. The van der Waals surface area contributed by atoms with Crippen molar-refractivity contribution in [1.29, 1.82) is 0 Å². The van der Waals surface area contributed by atoms with E-state index in [9.17, 15) is 4.79 Å². The van der Waals surface area contributed by atoms with Crippen LogP contribution in [0.3, 0.4) is 0 Å². The number of likely N-dealkylation sites (N-methyl/N-ethyl adjacent to an activating group) is 1. The third-order valence-electron chi connectivity index (χ3n) is 6.15. The van der Waals surface area contributed by atoms with Crippen molar-refractivity contribution in [2.24, 2.45) is 0 Å². The van der Waals surface area contributed by atoms with Crippen molar-refractivity contribution in [3.05, 3.63) is 57.6 Å². The van der Waals surface area contributed by atoms with Crippen molar-refractivity contribution in [3.63, 3.8) is 0 Å². The second-order valence-corrected chi connectivity index (χ2v) is 10.5. The molecule has 1 aliphatic rings. The molecule has 0 aliphatic heterocycles. The molecule has 0 N–H and O–H groups in total. The minimum absolute atomic E-state index is 0.136. The number of halogens is 2. The van der Waals surface area contributed by atoms with E-state index in [2.05, 4.69) is 4.90 Å². The summed E-state index contributed by atoms with van der Waals surface area (Å²) in [4.78, 5) is 23.1. The molecular formula is C24H27Cl2N3OS. The number of hydrogen-bond donors (Lipinski definition) is 0. The number of thiazole rings is 1. The van der Waals surface area contributed by atoms with Crippen LogP contribution in [0.2, 0.25) is 10.0 Å². The Bertz CT molecular complexity index is 1090. The third kappa shape index (κ3) is 4.47. The summed E-state index contributed by atoms with van der Waals surface area (Å²) in [5.41, 5.74) is 2.47. The minimum atomic E-state index is -0.526. The van der Waals surface area contributed by atoms with Crippen molar-refractivity contribution in [1.82, 2.24) is 9.88 Å². The SMILES string of the molecule is Cc1cc(Cl)cc2sc(N(CCN(C)C)C(=O)C3(c4ccc(Cl)cc4)CCCC3)nc12. The fourth-order valence-electron chi connectivity index (χ4n) is 4.47. The van der Waals surface area contributed by atoms with E-state index < -0.39 is 5.41 Å². The maximum absolute atomic E-state index is 14.2. The highest BCUT2D eigenvalue weighted by atomic mass is 35.5. The normalized spacial score (nSPS) is 15.7. The number of amides is 1. The number of carbonyl (C=O) groups is 1. The average molecular weight is 476 g/mol. The van der Waals surface area contributed by atoms with Crippen LogP contribution in [0, 0.1) is 6.92 Å². The van der Waals surface area contributed by atoms with Gasteiger partial charge in [0.25, 0.3) is 0 Å². The predicted octanol–water partition coefficient (Wildman–Crippen LogP) is 6.32. The first-order valence-electron chi connectivity index (χ1n) is 10.6. The lowest BCUT2D eigenvalue weighted by molar-refractivity contribution is -0.124. The second kappa shape index (κ2) is 9.07. The lowest BCUT2D eigenvalue weighted by Gasteiger charge is -2.34. The molecule has 7 heteroatoms. The Balaban J connectivity index is 1.78. The Hall–Kier alpha value is -1.66. The molecular weight excluding hydrogens is 449 g/mol. The Labute approximate surface area is 197 Å². The Morgan fingerprint density at radius 2 is 1.74 bits per heavy atom. The van der Waals surface area contributed by atoms with Crippen LogP contribution in [0.15, 0.2) is 36.4 Å². The van der Waals surface area contributed by atoms with E-state index in [1.54, 1.807) is 0 Å². The number of aromatic nitrogens is 1. The number of hydrogen-bond acceptors (Lipinski definition) is 4. The molecule has 3 aromatic rings. The molecule has 0 radical (unpaired) electrons. The van der Waals surface area contributed by atoms with Crippen LogP contribution >= 0.6 is 34.5 Å². The zero-order valence-electron chi connectivity index (χ0n) is 18.1. The molecule has 1 aromatic heterocycles. The first kappa shape index (κ1) is 22.5. The fourth-order valence-corrected chi connectivity index (χ4v) is 6.04. The number of aryl methyl sites for hydroxylation is 1. The van der Waals surface area contributed by atoms with Crippen LogP contribution in [0.5, 0.6) is 0 Å². The van der Waals surface area contributed by atoms with Crippen LogP contribution < -0.4 is 4.90 Å². The Kier molecular flexibility index (Phi) is 6.59. The fraction of sp³-hybridized carbons (Fsp3) is 0.417. The summed E-state index contributed by atoms with van der Waals surface area (Å²) in [6.45, 7) is 3.36. The van der Waals surface area contributed by atoms with Crippen molar-refractivity contribution >= 4 is 55.8 Å². The maximum atomic E-state index is 14.2. The molecule has 4 nitrogen and oxygen atoms in total. The number of carbonyl (C=O) groups excluding carboxylic acids is 1. The molecule has 1 fully saturated rings. The first-order valence-corrected chi connectivity index (χ1v) is 12.2. The molecule has 0 saturated heterocycles. The number of rotatable bonds is 6. The zero-order chi connectivity index (χ0) is 22.2. The summed E-state index contributed by atoms with van der Waals surface area (Å²) in [6.07, 6.45) is 3.79. The van der Waals surface area contributed by atoms with Gasteiger partial charge in [0, 0.05) is 23.1 Å². The van der Waals surface area contributed by atoms with Crippen LogP contribution in [-0.4, -0.2) is 43.0 Å². The molecule has 0 atom stereocenters. The summed E-state index contributed by atoms with van der Waals surface area (Å²) >= 11 is 14.0. The van der Waals surface area contributed by atoms with Crippen molar-refractivity contribution in [2.45, 2.75) is 38.0 Å². The van der Waals surface area contributed by atoms with Crippen LogP contribution in [0.1, 0.15) is 36.8 Å². The largest absolute Gasteiger partial charge is 0.308 e. The summed E-state index contributed by atoms with van der Waals surface area (Å²) in [6, 6.07) is 11.7. The topological polar surface area (TPSA) is 36.4 Å². The zero-order valence-corrected chi connectivity index (χ0v) is 20.4. The van der Waals surface area contributed by atoms with Gasteiger partial charge in [-0.1, -0.05) is 59.5 Å². The number of nitrogens with zero attached hydrogens (tertiary/aromatic N) is 3. The highest BCUT2D eigenvalue weighted by Crippen LogP contribution is 2.44. The molecule has 1 aliphatic carbocycles. The predicted molar refractivity (Wildman–Crippen MR) is 132 cm³/mol. The quantitative estimate of drug-likeness (QED) is 0.418. The van der Waals surface area contributed by atoms with Crippen molar-refractivity contribution < 1.29 is 4.79 Å². The Morgan fingerprint density at radius 1 is 1.06 bits per heavy atom. The molecule has 0 bridgehead atoms. The summed E-state index contributed by atoms with van der Waals surface area (Å²) < 4.78 is 1.01. The summed E-state index contributed by atoms with van der Waals surface area (Å²) in [5, 5.41) is 2.12. The van der Waals surface area contributed by atoms with Gasteiger partial charge < -0.3 is 4.90 Å². The smallest absolute Gasteiger partial charge is 0.239 e. The molecule has 0 unspecified atom stereocenters. The van der Waals surface area contributed by atoms with Gasteiger partial charge >= 0.3 is 0 Å². The minimum Gasteiger partial charge on any atom is -0.308 e. The highest BCUT2D eigenvalue weighted by molar-refractivity contribution is 7.22. The number of anilines is 1. The van der Waals surface area contributed by atoms with Gasteiger partial charge in [0.1, 0.15) is 0 Å². The van der Waals surface area contributed by atoms with E-state index in [1.807, 2.05) is 62.3 Å². The summed E-state index contributed by atoms with van der Waals surface area (Å²) in [7, 11) is 4.05. The molecule has 164 valence electrons. The van der Waals surface area contributed by atoms with Gasteiger partial charge in [0.05, 0.1) is 15.6 Å². The first-order chi connectivity index (χ1) is 14.8. The third-order valence-corrected chi connectivity index (χ3v) is 7.64. The maximum Gasteiger partial charge on any atom is 0.239 e. The lowest BCUT2D eigenvalue weighted by Crippen LogP contribution is -2.48. The standard InChI is InChI=1S/C24H27Cl2N3OS/c1-16-14-19(26)15-20-21(16)27-23(31-20)29(13-12-28(2)3)22(30)24(10-4-5-11-24)17-6-8-18(25)9-7-17/h6-9,14-15H,4-5,10-13H2,1-3H3. The lowest BCUT2D eigenvalue weighted by atomic mass is 9.77. The molecule has 1 heterocycles. The van der Waals surface area contributed by atoms with Gasteiger partial charge in [-0.15, -0.1) is 0 Å². The van der Waals surface area contributed by atoms with Gasteiger partial charge in [-0.25, -0.2) is 4.98 Å². The van der Waals surface area contributed by atoms with E-state index in [4.69, 9.17) is 28.2 Å². The van der Waals surface area contributed by atoms with Crippen molar-refractivity contribution in [3.8, 4) is 0 Å². The summed E-state index contributed by atoms with van der Waals surface area (Å²) in [5.74, 6) is 0.136. The van der Waals surface area contributed by atoms with E-state index in [1.165, 1.54) is 11.3 Å². The van der Waals surface area contributed by atoms with Gasteiger partial charge in [0.2, 0.25) is 5.91 Å². The van der Waals surface area contributed by atoms with E-state index in [-0.39, 0.29) is 5.91 Å². The molecule has 1 amide bonds. The van der Waals surface area contributed by atoms with Crippen LogP contribution in [-0.2, 0) is 10.2 Å². The van der Waals surface area contributed by atoms with E-state index in [0.717, 1.165) is 58.7 Å². The van der Waals surface area contributed by atoms with Crippen molar-refractivity contribution in [2.75, 3.05) is 32.1 Å². The van der Waals surface area contributed by atoms with Gasteiger partial charge in [0.15, 0.2) is 5.13 Å². The number of benzene rings is 2. The van der Waals surface area contributed by atoms with Crippen LogP contribution in [0.25, 0.3) is 10.2 Å². The van der Waals surface area contributed by atoms with E-state index in [0.29, 0.717) is 16.6 Å². The van der Waals surface area contributed by atoms with Gasteiger partial charge in [-0.3, -0.25) is 9.69 Å². The second-order valence-electron chi connectivity index (χ2n) is 8.62. The van der Waals surface area contributed by atoms with E-state index >= 15 is 0 Å². The Morgan fingerprint density at radius 3 is 2.39 bits per heavy atom. The molecule has 2 aromatic carbocycles. The molecule has 31 heavy (non-hydrogen) atoms. The van der Waals surface area contributed by atoms with Gasteiger partial charge in [-0.2, -0.15) is 0 Å². The highest BCUT2D eigenvalue weighted by Gasteiger charge is 2.45. The molecule has 1 saturated carbocycles. The van der Waals surface area contributed by atoms with Gasteiger partial charge in [-0.05, 0) is 69.3 Å².